The molecule has 2 aromatic rings. The van der Waals surface area contributed by atoms with E-state index in [0.717, 1.165) is 13.1 Å². The van der Waals surface area contributed by atoms with E-state index >= 15 is 0 Å². The maximum atomic E-state index is 11.7. The third-order valence-corrected chi connectivity index (χ3v) is 3.98. The second kappa shape index (κ2) is 5.56. The van der Waals surface area contributed by atoms with Crippen LogP contribution in [0.1, 0.15) is 6.92 Å². The number of benzene rings is 2. The maximum Gasteiger partial charge on any atom is 0.289 e. The minimum Gasteiger partial charge on any atom is -0.367 e. The molecule has 1 aliphatic rings. The van der Waals surface area contributed by atoms with Crippen LogP contribution >= 0.6 is 0 Å². The van der Waals surface area contributed by atoms with E-state index in [1.165, 1.54) is 23.4 Å². The number of carbonyl (C=O) groups excluding carboxylic acids is 2. The first-order chi connectivity index (χ1) is 10.2. The van der Waals surface area contributed by atoms with Crippen LogP contribution in [-0.2, 0) is 9.59 Å². The van der Waals surface area contributed by atoms with E-state index < -0.39 is 0 Å². The SMILES string of the molecule is CC(=O)C(=O)N1CCN(c2cccc3ccccc23)CC1. The highest BCUT2D eigenvalue weighted by molar-refractivity contribution is 6.35. The van der Waals surface area contributed by atoms with Crippen molar-refractivity contribution in [2.75, 3.05) is 31.1 Å². The van der Waals surface area contributed by atoms with Crippen LogP contribution in [0.5, 0.6) is 0 Å². The molecule has 0 N–H and O–H groups in total. The lowest BCUT2D eigenvalue weighted by atomic mass is 10.1. The number of carbonyl (C=O) groups is 2. The van der Waals surface area contributed by atoms with E-state index in [1.54, 1.807) is 4.90 Å². The number of piperazine rings is 1. The van der Waals surface area contributed by atoms with E-state index in [-0.39, 0.29) is 11.7 Å². The van der Waals surface area contributed by atoms with Gasteiger partial charge in [-0.05, 0) is 11.5 Å². The molecule has 2 aromatic carbocycles. The molecule has 1 saturated heterocycles. The van der Waals surface area contributed by atoms with Crippen LogP contribution in [0.25, 0.3) is 10.8 Å². The highest BCUT2D eigenvalue weighted by Crippen LogP contribution is 2.27. The number of ketones is 1. The summed E-state index contributed by atoms with van der Waals surface area (Å²) in [4.78, 5) is 26.8. The quantitative estimate of drug-likeness (QED) is 0.792. The molecule has 0 spiro atoms. The first-order valence-corrected chi connectivity index (χ1v) is 7.19. The van der Waals surface area contributed by atoms with E-state index in [2.05, 4.69) is 35.2 Å². The van der Waals surface area contributed by atoms with Crippen molar-refractivity contribution in [3.63, 3.8) is 0 Å². The van der Waals surface area contributed by atoms with Gasteiger partial charge in [0.2, 0.25) is 5.78 Å². The van der Waals surface area contributed by atoms with Crippen LogP contribution < -0.4 is 4.90 Å². The number of rotatable bonds is 2. The summed E-state index contributed by atoms with van der Waals surface area (Å²) in [7, 11) is 0. The van der Waals surface area contributed by atoms with Gasteiger partial charge < -0.3 is 9.80 Å². The molecule has 1 fully saturated rings. The Hall–Kier alpha value is -2.36. The lowest BCUT2D eigenvalue weighted by Gasteiger charge is -2.36. The van der Waals surface area contributed by atoms with Gasteiger partial charge in [-0.3, -0.25) is 9.59 Å². The Balaban J connectivity index is 1.80. The van der Waals surface area contributed by atoms with E-state index in [1.807, 2.05) is 12.1 Å². The lowest BCUT2D eigenvalue weighted by Crippen LogP contribution is -2.50. The number of hydrogen-bond acceptors (Lipinski definition) is 3. The molecule has 0 aliphatic carbocycles. The Kier molecular flexibility index (Phi) is 3.60. The molecule has 3 rings (SSSR count). The predicted octanol–water partition coefficient (Wildman–Crippen LogP) is 2.08. The number of nitrogens with zero attached hydrogens (tertiary/aromatic N) is 2. The molecule has 108 valence electrons. The molecule has 0 bridgehead atoms. The molecule has 0 radical (unpaired) electrons. The van der Waals surface area contributed by atoms with E-state index in [9.17, 15) is 9.59 Å². The Bertz CT molecular complexity index is 683. The van der Waals surface area contributed by atoms with Gasteiger partial charge in [-0.2, -0.15) is 0 Å². The molecule has 0 aromatic heterocycles. The van der Waals surface area contributed by atoms with Gasteiger partial charge in [0.05, 0.1) is 0 Å². The largest absolute Gasteiger partial charge is 0.367 e. The molecule has 1 heterocycles. The van der Waals surface area contributed by atoms with Gasteiger partial charge in [0.1, 0.15) is 0 Å². The predicted molar refractivity (Wildman–Crippen MR) is 83.4 cm³/mol. The third kappa shape index (κ3) is 2.61. The molecule has 0 saturated carbocycles. The Morgan fingerprint density at radius 1 is 0.905 bits per heavy atom. The summed E-state index contributed by atoms with van der Waals surface area (Å²) < 4.78 is 0. The minimum atomic E-state index is -0.381. The van der Waals surface area contributed by atoms with E-state index in [4.69, 9.17) is 0 Å². The van der Waals surface area contributed by atoms with Crippen LogP contribution in [0.2, 0.25) is 0 Å². The van der Waals surface area contributed by atoms with Crippen LogP contribution in [0, 0.1) is 0 Å². The standard InChI is InChI=1S/C17H18N2O2/c1-13(20)17(21)19-11-9-18(10-12-19)16-8-4-6-14-5-2-3-7-15(14)16/h2-8H,9-12H2,1H3. The number of Topliss-reactive ketones (excluding diaryl/α,β-unsaturated/α-hetero) is 1. The monoisotopic (exact) mass is 282 g/mol. The topological polar surface area (TPSA) is 40.6 Å². The third-order valence-electron chi connectivity index (χ3n) is 3.98. The zero-order chi connectivity index (χ0) is 14.8. The summed E-state index contributed by atoms with van der Waals surface area (Å²) in [5.41, 5.74) is 1.20. The highest BCUT2D eigenvalue weighted by Gasteiger charge is 2.24. The summed E-state index contributed by atoms with van der Waals surface area (Å²) >= 11 is 0. The Morgan fingerprint density at radius 2 is 1.57 bits per heavy atom. The fourth-order valence-corrected chi connectivity index (χ4v) is 2.86. The number of anilines is 1. The summed E-state index contributed by atoms with van der Waals surface area (Å²) in [5, 5.41) is 2.45. The Morgan fingerprint density at radius 3 is 2.29 bits per heavy atom. The average Bonchev–Trinajstić information content (AvgIpc) is 2.53. The van der Waals surface area contributed by atoms with Gasteiger partial charge in [-0.25, -0.2) is 0 Å². The van der Waals surface area contributed by atoms with Crippen molar-refractivity contribution < 1.29 is 9.59 Å². The minimum absolute atomic E-state index is 0.368. The van der Waals surface area contributed by atoms with Crippen molar-refractivity contribution in [1.29, 1.82) is 0 Å². The molecule has 1 aliphatic heterocycles. The van der Waals surface area contributed by atoms with Crippen LogP contribution in [-0.4, -0.2) is 42.8 Å². The molecular weight excluding hydrogens is 264 g/mol. The van der Waals surface area contributed by atoms with Crippen molar-refractivity contribution in [1.82, 2.24) is 4.90 Å². The van der Waals surface area contributed by atoms with Crippen molar-refractivity contribution >= 4 is 28.2 Å². The number of amides is 1. The van der Waals surface area contributed by atoms with Gasteiger partial charge in [-0.1, -0.05) is 36.4 Å². The second-order valence-electron chi connectivity index (χ2n) is 5.33. The van der Waals surface area contributed by atoms with Gasteiger partial charge in [0, 0.05) is 44.2 Å². The number of fused-ring (bicyclic) bond motifs is 1. The molecule has 4 heteroatoms. The van der Waals surface area contributed by atoms with Gasteiger partial charge in [0.15, 0.2) is 0 Å². The Labute approximate surface area is 124 Å². The van der Waals surface area contributed by atoms with Crippen molar-refractivity contribution in [2.45, 2.75) is 6.92 Å². The first kappa shape index (κ1) is 13.6. The molecule has 1 amide bonds. The first-order valence-electron chi connectivity index (χ1n) is 7.19. The average molecular weight is 282 g/mol. The second-order valence-corrected chi connectivity index (χ2v) is 5.33. The molecule has 4 nitrogen and oxygen atoms in total. The van der Waals surface area contributed by atoms with Crippen LogP contribution in [0.15, 0.2) is 42.5 Å². The smallest absolute Gasteiger partial charge is 0.289 e. The fraction of sp³-hybridized carbons (Fsp3) is 0.294. The highest BCUT2D eigenvalue weighted by atomic mass is 16.2. The summed E-state index contributed by atoms with van der Waals surface area (Å²) in [6.45, 7) is 4.04. The lowest BCUT2D eigenvalue weighted by molar-refractivity contribution is -0.143. The van der Waals surface area contributed by atoms with Crippen LogP contribution in [0.4, 0.5) is 5.69 Å². The summed E-state index contributed by atoms with van der Waals surface area (Å²) in [6.07, 6.45) is 0. The van der Waals surface area contributed by atoms with Gasteiger partial charge in [0.25, 0.3) is 5.91 Å². The van der Waals surface area contributed by atoms with Crippen molar-refractivity contribution in [3.8, 4) is 0 Å². The molecule has 0 unspecified atom stereocenters. The maximum absolute atomic E-state index is 11.7. The van der Waals surface area contributed by atoms with Gasteiger partial charge >= 0.3 is 0 Å². The van der Waals surface area contributed by atoms with E-state index in [0.29, 0.717) is 13.1 Å². The molecule has 0 atom stereocenters. The normalized spacial score (nSPS) is 15.3. The number of hydrogen-bond donors (Lipinski definition) is 0. The van der Waals surface area contributed by atoms with Crippen molar-refractivity contribution in [3.05, 3.63) is 42.5 Å². The zero-order valence-corrected chi connectivity index (χ0v) is 12.1. The van der Waals surface area contributed by atoms with Crippen LogP contribution in [0.3, 0.4) is 0 Å². The summed E-state index contributed by atoms with van der Waals surface area (Å²) in [5.74, 6) is -0.749. The zero-order valence-electron chi connectivity index (χ0n) is 12.1. The fourth-order valence-electron chi connectivity index (χ4n) is 2.86. The van der Waals surface area contributed by atoms with Crippen molar-refractivity contribution in [2.24, 2.45) is 0 Å². The molecule has 21 heavy (non-hydrogen) atoms. The molecular formula is C17H18N2O2. The van der Waals surface area contributed by atoms with Gasteiger partial charge in [-0.15, -0.1) is 0 Å². The summed E-state index contributed by atoms with van der Waals surface area (Å²) in [6, 6.07) is 14.6.